The van der Waals surface area contributed by atoms with Gasteiger partial charge < -0.3 is 0 Å². The van der Waals surface area contributed by atoms with E-state index in [2.05, 4.69) is 27.8 Å². The quantitative estimate of drug-likeness (QED) is 0.792. The Morgan fingerprint density at radius 2 is 2.10 bits per heavy atom. The second kappa shape index (κ2) is 6.08. The number of hydrazone groups is 1. The van der Waals surface area contributed by atoms with Crippen LogP contribution in [0, 0.1) is 17.8 Å². The van der Waals surface area contributed by atoms with Crippen LogP contribution >= 0.6 is 11.3 Å². The van der Waals surface area contributed by atoms with Crippen LogP contribution < -0.4 is 5.43 Å². The molecule has 3 aliphatic rings. The molecule has 0 spiro atoms. The third-order valence-electron chi connectivity index (χ3n) is 4.55. The fraction of sp³-hybridized carbons (Fsp3) is 0.625. The molecule has 20 heavy (non-hydrogen) atoms. The monoisotopic (exact) mass is 293 g/mol. The van der Waals surface area contributed by atoms with Gasteiger partial charge in [-0.05, 0) is 36.6 Å². The summed E-state index contributed by atoms with van der Waals surface area (Å²) in [7, 11) is 0. The maximum Gasteiger partial charge on any atom is 0.284 e. The molecule has 2 aliphatic carbocycles. The molecule has 1 aromatic heterocycles. The van der Waals surface area contributed by atoms with Gasteiger partial charge in [0.05, 0.1) is 4.88 Å². The molecule has 0 aromatic carbocycles. The number of thiophene rings is 1. The predicted molar refractivity (Wildman–Crippen MR) is 84.1 cm³/mol. The van der Waals surface area contributed by atoms with Crippen LogP contribution in [0.5, 0.6) is 0 Å². The van der Waals surface area contributed by atoms with Gasteiger partial charge in [0, 0.05) is 5.92 Å². The summed E-state index contributed by atoms with van der Waals surface area (Å²) in [5.74, 6) is 1.87. The summed E-state index contributed by atoms with van der Waals surface area (Å²) < 4.78 is 2.09. The molecular formula is C16H25N2OS+. The van der Waals surface area contributed by atoms with Crippen molar-refractivity contribution < 1.29 is 9.48 Å². The summed E-state index contributed by atoms with van der Waals surface area (Å²) in [5, 5.41) is 2.07. The first-order valence-electron chi connectivity index (χ1n) is 7.30. The molecule has 4 atom stereocenters. The van der Waals surface area contributed by atoms with Crippen LogP contribution in [0.3, 0.4) is 0 Å². The van der Waals surface area contributed by atoms with Gasteiger partial charge in [0.25, 0.3) is 5.91 Å². The van der Waals surface area contributed by atoms with Gasteiger partial charge in [-0.15, -0.1) is 21.4 Å². The lowest BCUT2D eigenvalue weighted by molar-refractivity contribution is -0.598. The first-order chi connectivity index (χ1) is 9.33. The summed E-state index contributed by atoms with van der Waals surface area (Å²) >= 11 is 1.72. The third-order valence-corrected chi connectivity index (χ3v) is 5.35. The van der Waals surface area contributed by atoms with Gasteiger partial charge in [-0.1, -0.05) is 27.3 Å². The van der Waals surface area contributed by atoms with Crippen molar-refractivity contribution in [2.24, 2.45) is 17.8 Å². The highest BCUT2D eigenvalue weighted by molar-refractivity contribution is 7.11. The van der Waals surface area contributed by atoms with Gasteiger partial charge in [-0.25, -0.2) is 0 Å². The van der Waals surface area contributed by atoms with Crippen molar-refractivity contribution in [1.29, 1.82) is 0 Å². The molecule has 2 bridgehead atoms. The Morgan fingerprint density at radius 1 is 1.35 bits per heavy atom. The lowest BCUT2D eigenvalue weighted by Gasteiger charge is -2.16. The lowest BCUT2D eigenvalue weighted by Crippen LogP contribution is -2.34. The van der Waals surface area contributed by atoms with Crippen molar-refractivity contribution in [3.05, 3.63) is 22.4 Å². The molecule has 2 heterocycles. The molecule has 1 amide bonds. The molecule has 3 nitrogen and oxygen atoms in total. The Bertz CT molecular complexity index is 495. The highest BCUT2D eigenvalue weighted by atomic mass is 32.1. The van der Waals surface area contributed by atoms with Crippen LogP contribution in [0.1, 0.15) is 45.4 Å². The Balaban J connectivity index is 0.000000471. The Labute approximate surface area is 125 Å². The van der Waals surface area contributed by atoms with E-state index in [1.54, 1.807) is 11.3 Å². The maximum atomic E-state index is 12.0. The fourth-order valence-corrected chi connectivity index (χ4v) is 4.57. The van der Waals surface area contributed by atoms with Crippen LogP contribution in [-0.2, 0) is 4.79 Å². The number of carbonyl (C=O) groups is 1. The summed E-state index contributed by atoms with van der Waals surface area (Å²) in [6, 6.07) is 4.56. The zero-order chi connectivity index (χ0) is 13.4. The van der Waals surface area contributed by atoms with Crippen LogP contribution in [-0.4, -0.2) is 22.8 Å². The van der Waals surface area contributed by atoms with E-state index < -0.39 is 0 Å². The van der Waals surface area contributed by atoms with E-state index in [4.69, 9.17) is 0 Å². The normalized spacial score (nSPS) is 35.1. The summed E-state index contributed by atoms with van der Waals surface area (Å²) in [6.45, 7) is 4.00. The molecule has 1 aliphatic heterocycles. The Hall–Kier alpha value is -1.16. The second-order valence-electron chi connectivity index (χ2n) is 5.38. The van der Waals surface area contributed by atoms with Gasteiger partial charge in [0.15, 0.2) is 6.04 Å². The number of hydrogen-bond acceptors (Lipinski definition) is 2. The van der Waals surface area contributed by atoms with E-state index in [0.717, 1.165) is 5.92 Å². The zero-order valence-electron chi connectivity index (χ0n) is 11.5. The van der Waals surface area contributed by atoms with E-state index in [9.17, 15) is 4.79 Å². The SMILES string of the molecule is C.CC.O=C1N/[N+](=C\c2cccs2)C2C1[C@H]1CC[C@@H]2C1. The minimum atomic E-state index is 0. The smallest absolute Gasteiger partial charge is 0.269 e. The fourth-order valence-electron chi connectivity index (χ4n) is 3.93. The van der Waals surface area contributed by atoms with Crippen molar-refractivity contribution in [1.82, 2.24) is 5.43 Å². The molecule has 3 fully saturated rings. The topological polar surface area (TPSA) is 32.1 Å². The van der Waals surface area contributed by atoms with E-state index in [-0.39, 0.29) is 19.3 Å². The first-order valence-corrected chi connectivity index (χ1v) is 8.18. The zero-order valence-corrected chi connectivity index (χ0v) is 12.3. The first kappa shape index (κ1) is 15.2. The lowest BCUT2D eigenvalue weighted by atomic mass is 9.85. The van der Waals surface area contributed by atoms with Crippen molar-refractivity contribution in [2.75, 3.05) is 0 Å². The van der Waals surface area contributed by atoms with Crippen molar-refractivity contribution in [2.45, 2.75) is 46.6 Å². The average molecular weight is 293 g/mol. The van der Waals surface area contributed by atoms with Gasteiger partial charge >= 0.3 is 0 Å². The number of fused-ring (bicyclic) bond motifs is 5. The van der Waals surface area contributed by atoms with Crippen molar-refractivity contribution in [3.8, 4) is 0 Å². The van der Waals surface area contributed by atoms with Crippen LogP contribution in [0.25, 0.3) is 0 Å². The minimum Gasteiger partial charge on any atom is -0.269 e. The largest absolute Gasteiger partial charge is 0.284 e. The number of amides is 1. The van der Waals surface area contributed by atoms with E-state index in [0.29, 0.717) is 12.0 Å². The Kier molecular flexibility index (Phi) is 4.63. The molecule has 1 N–H and O–H groups in total. The molecule has 0 radical (unpaired) electrons. The van der Waals surface area contributed by atoms with Gasteiger partial charge in [-0.3, -0.25) is 4.79 Å². The minimum absolute atomic E-state index is 0. The molecule has 110 valence electrons. The molecule has 1 saturated heterocycles. The predicted octanol–water partition coefficient (Wildman–Crippen LogP) is 3.30. The van der Waals surface area contributed by atoms with Crippen LogP contribution in [0.2, 0.25) is 0 Å². The Morgan fingerprint density at radius 3 is 2.80 bits per heavy atom. The van der Waals surface area contributed by atoms with E-state index in [1.165, 1.54) is 24.1 Å². The van der Waals surface area contributed by atoms with Gasteiger partial charge in [0.1, 0.15) is 5.92 Å². The molecular weight excluding hydrogens is 268 g/mol. The number of hydrogen-bond donors (Lipinski definition) is 1. The van der Waals surface area contributed by atoms with Gasteiger partial charge in [-0.2, -0.15) is 0 Å². The molecule has 4 heteroatoms. The number of carbonyl (C=O) groups excluding carboxylic acids is 1. The second-order valence-corrected chi connectivity index (χ2v) is 6.36. The number of nitrogens with one attached hydrogen (secondary N) is 1. The summed E-state index contributed by atoms with van der Waals surface area (Å²) in [5.41, 5.74) is 3.04. The number of hydrazine groups is 1. The number of nitrogens with zero attached hydrogens (tertiary/aromatic N) is 1. The van der Waals surface area contributed by atoms with Crippen molar-refractivity contribution in [3.63, 3.8) is 0 Å². The highest BCUT2D eigenvalue weighted by Crippen LogP contribution is 2.51. The molecule has 1 aromatic rings. The average Bonchev–Trinajstić information content (AvgIpc) is 3.17. The van der Waals surface area contributed by atoms with E-state index in [1.807, 2.05) is 19.9 Å². The standard InChI is InChI=1S/C13H14N2OS.C2H6.CH4/c16-13-11-8-3-4-9(6-8)12(11)15(14-13)7-10-2-1-5-17-10;1-2;/h1-2,5,7-9,11-12H,3-4,6H2;1-2H3;1H4/p+1/b15-7-;;/t8-,9+,11?,12?;;/m0../s1. The highest BCUT2D eigenvalue weighted by Gasteiger charge is 2.61. The van der Waals surface area contributed by atoms with Crippen LogP contribution in [0.15, 0.2) is 17.5 Å². The summed E-state index contributed by atoms with van der Waals surface area (Å²) in [4.78, 5) is 13.2. The molecule has 2 saturated carbocycles. The van der Waals surface area contributed by atoms with Crippen LogP contribution in [0.4, 0.5) is 0 Å². The van der Waals surface area contributed by atoms with Gasteiger partial charge in [0.2, 0.25) is 6.21 Å². The van der Waals surface area contributed by atoms with Crippen molar-refractivity contribution >= 4 is 23.5 Å². The molecule has 4 rings (SSSR count). The summed E-state index contributed by atoms with van der Waals surface area (Å²) in [6.07, 6.45) is 5.92. The van der Waals surface area contributed by atoms with E-state index >= 15 is 0 Å². The number of rotatable bonds is 1. The molecule has 2 unspecified atom stereocenters. The maximum absolute atomic E-state index is 12.0. The third kappa shape index (κ3) is 2.30.